The van der Waals surface area contributed by atoms with Crippen molar-refractivity contribution in [3.63, 3.8) is 0 Å². The second kappa shape index (κ2) is 12.1. The lowest BCUT2D eigenvalue weighted by atomic mass is 10.1. The number of H-pyrrole nitrogens is 2. The Kier molecular flexibility index (Phi) is 8.81. The molecular formula is C19H29N7O4. The summed E-state index contributed by atoms with van der Waals surface area (Å²) in [4.78, 5) is 38.5. The van der Waals surface area contributed by atoms with E-state index in [2.05, 4.69) is 35.5 Å². The number of morpholine rings is 1. The second-order valence-electron chi connectivity index (χ2n) is 7.00. The SMILES string of the molecule is O=C(NC1CCOCC1)c1cnc[nH]1.O=C(NCCN1CCOCC1)c1cnc[nH]1. The van der Waals surface area contributed by atoms with E-state index in [9.17, 15) is 9.59 Å². The molecule has 2 aromatic rings. The predicted molar refractivity (Wildman–Crippen MR) is 108 cm³/mol. The van der Waals surface area contributed by atoms with Gasteiger partial charge in [-0.15, -0.1) is 0 Å². The number of imidazole rings is 2. The number of nitrogens with one attached hydrogen (secondary N) is 4. The molecular weight excluding hydrogens is 390 g/mol. The number of hydrogen-bond acceptors (Lipinski definition) is 7. The number of aromatic amines is 2. The minimum Gasteiger partial charge on any atom is -0.381 e. The van der Waals surface area contributed by atoms with Gasteiger partial charge in [0.2, 0.25) is 0 Å². The van der Waals surface area contributed by atoms with E-state index in [1.807, 2.05) is 0 Å². The fourth-order valence-electron chi connectivity index (χ4n) is 3.11. The summed E-state index contributed by atoms with van der Waals surface area (Å²) in [5.41, 5.74) is 1.01. The smallest absolute Gasteiger partial charge is 0.269 e. The summed E-state index contributed by atoms with van der Waals surface area (Å²) in [6.07, 6.45) is 7.81. The van der Waals surface area contributed by atoms with Crippen molar-refractivity contribution >= 4 is 11.8 Å². The summed E-state index contributed by atoms with van der Waals surface area (Å²) < 4.78 is 10.4. The van der Waals surface area contributed by atoms with Gasteiger partial charge in [0, 0.05) is 45.4 Å². The highest BCUT2D eigenvalue weighted by Crippen LogP contribution is 2.06. The van der Waals surface area contributed by atoms with Crippen LogP contribution in [0, 0.1) is 0 Å². The summed E-state index contributed by atoms with van der Waals surface area (Å²) in [5.74, 6) is -0.194. The van der Waals surface area contributed by atoms with E-state index in [4.69, 9.17) is 9.47 Å². The van der Waals surface area contributed by atoms with E-state index < -0.39 is 0 Å². The summed E-state index contributed by atoms with van der Waals surface area (Å²) in [5, 5.41) is 5.77. The molecule has 0 aromatic carbocycles. The van der Waals surface area contributed by atoms with E-state index in [1.165, 1.54) is 25.0 Å². The average molecular weight is 419 g/mol. The van der Waals surface area contributed by atoms with E-state index >= 15 is 0 Å². The van der Waals surface area contributed by atoms with Gasteiger partial charge in [0.15, 0.2) is 0 Å². The monoisotopic (exact) mass is 419 g/mol. The highest BCUT2D eigenvalue weighted by Gasteiger charge is 2.17. The van der Waals surface area contributed by atoms with Crippen molar-refractivity contribution in [1.29, 1.82) is 0 Å². The van der Waals surface area contributed by atoms with Gasteiger partial charge < -0.3 is 30.1 Å². The van der Waals surface area contributed by atoms with Crippen LogP contribution >= 0.6 is 0 Å². The molecule has 4 heterocycles. The molecule has 164 valence electrons. The Morgan fingerprint density at radius 1 is 0.967 bits per heavy atom. The van der Waals surface area contributed by atoms with Gasteiger partial charge in [-0.1, -0.05) is 0 Å². The van der Waals surface area contributed by atoms with Gasteiger partial charge in [-0.2, -0.15) is 0 Å². The molecule has 0 bridgehead atoms. The minimum absolute atomic E-state index is 0.0885. The van der Waals surface area contributed by atoms with Crippen LogP contribution in [0.4, 0.5) is 0 Å². The molecule has 0 atom stereocenters. The third-order valence-corrected chi connectivity index (χ3v) is 4.86. The van der Waals surface area contributed by atoms with Crippen molar-refractivity contribution in [3.8, 4) is 0 Å². The summed E-state index contributed by atoms with van der Waals surface area (Å²) >= 11 is 0. The normalized spacial score (nSPS) is 17.6. The Balaban J connectivity index is 0.000000172. The van der Waals surface area contributed by atoms with Gasteiger partial charge in [-0.25, -0.2) is 9.97 Å². The lowest BCUT2D eigenvalue weighted by Gasteiger charge is -2.26. The van der Waals surface area contributed by atoms with E-state index in [0.717, 1.165) is 58.9 Å². The molecule has 30 heavy (non-hydrogen) atoms. The van der Waals surface area contributed by atoms with Crippen molar-refractivity contribution in [2.75, 3.05) is 52.6 Å². The van der Waals surface area contributed by atoms with Crippen LogP contribution in [0.1, 0.15) is 33.8 Å². The number of ether oxygens (including phenoxy) is 2. The first-order valence-electron chi connectivity index (χ1n) is 10.2. The van der Waals surface area contributed by atoms with Crippen LogP contribution in [0.2, 0.25) is 0 Å². The van der Waals surface area contributed by atoms with Crippen LogP contribution in [0.15, 0.2) is 25.0 Å². The second-order valence-corrected chi connectivity index (χ2v) is 7.00. The number of carbonyl (C=O) groups excluding carboxylic acids is 2. The maximum Gasteiger partial charge on any atom is 0.269 e. The van der Waals surface area contributed by atoms with Gasteiger partial charge in [-0.05, 0) is 12.8 Å². The molecule has 4 N–H and O–H groups in total. The number of nitrogens with zero attached hydrogens (tertiary/aromatic N) is 3. The Labute approximate surface area is 174 Å². The van der Waals surface area contributed by atoms with E-state index in [0.29, 0.717) is 17.9 Å². The molecule has 11 nitrogen and oxygen atoms in total. The van der Waals surface area contributed by atoms with Crippen LogP contribution in [0.25, 0.3) is 0 Å². The predicted octanol–water partition coefficient (Wildman–Crippen LogP) is -0.210. The maximum atomic E-state index is 11.6. The molecule has 0 aliphatic carbocycles. The number of aromatic nitrogens is 4. The number of rotatable bonds is 6. The highest BCUT2D eigenvalue weighted by molar-refractivity contribution is 5.92. The lowest BCUT2D eigenvalue weighted by Crippen LogP contribution is -2.41. The maximum absolute atomic E-state index is 11.6. The Bertz CT molecular complexity index is 739. The first-order chi connectivity index (χ1) is 14.7. The molecule has 0 unspecified atom stereocenters. The van der Waals surface area contributed by atoms with Crippen LogP contribution in [-0.4, -0.2) is 95.3 Å². The first kappa shape index (κ1) is 21.9. The molecule has 2 aromatic heterocycles. The quantitative estimate of drug-likeness (QED) is 0.508. The lowest BCUT2D eigenvalue weighted by molar-refractivity contribution is 0.0383. The zero-order valence-corrected chi connectivity index (χ0v) is 16.9. The van der Waals surface area contributed by atoms with Crippen LogP contribution < -0.4 is 10.6 Å². The molecule has 2 aliphatic rings. The molecule has 0 spiro atoms. The summed E-state index contributed by atoms with van der Waals surface area (Å²) in [6, 6.07) is 0.236. The third-order valence-electron chi connectivity index (χ3n) is 4.86. The molecule has 0 saturated carbocycles. The van der Waals surface area contributed by atoms with Crippen LogP contribution in [0.5, 0.6) is 0 Å². The summed E-state index contributed by atoms with van der Waals surface area (Å²) in [7, 11) is 0. The van der Waals surface area contributed by atoms with E-state index in [1.54, 1.807) is 0 Å². The Morgan fingerprint density at radius 2 is 1.57 bits per heavy atom. The molecule has 0 radical (unpaired) electrons. The molecule has 2 saturated heterocycles. The standard InChI is InChI=1S/C10H16N4O2.C9H13N3O2/c15-10(9-7-11-8-13-9)12-1-2-14-3-5-16-6-4-14;13-9(8-5-10-6-11-8)12-7-1-3-14-4-2-7/h7-8H,1-6H2,(H,11,13)(H,12,15);5-7H,1-4H2,(H,10,11)(H,12,13). The van der Waals surface area contributed by atoms with Crippen LogP contribution in [-0.2, 0) is 9.47 Å². The van der Waals surface area contributed by atoms with Crippen molar-refractivity contribution in [1.82, 2.24) is 35.5 Å². The minimum atomic E-state index is -0.106. The topological polar surface area (TPSA) is 137 Å². The Morgan fingerprint density at radius 3 is 2.17 bits per heavy atom. The van der Waals surface area contributed by atoms with Crippen molar-refractivity contribution < 1.29 is 19.1 Å². The zero-order chi connectivity index (χ0) is 21.0. The number of hydrogen-bond donors (Lipinski definition) is 4. The van der Waals surface area contributed by atoms with Crippen molar-refractivity contribution in [2.24, 2.45) is 0 Å². The van der Waals surface area contributed by atoms with Crippen LogP contribution in [0.3, 0.4) is 0 Å². The van der Waals surface area contributed by atoms with Crippen molar-refractivity contribution in [2.45, 2.75) is 18.9 Å². The fraction of sp³-hybridized carbons (Fsp3) is 0.579. The molecule has 4 rings (SSSR count). The highest BCUT2D eigenvalue weighted by atomic mass is 16.5. The van der Waals surface area contributed by atoms with Crippen molar-refractivity contribution in [3.05, 3.63) is 36.4 Å². The summed E-state index contributed by atoms with van der Waals surface area (Å²) in [6.45, 7) is 6.44. The zero-order valence-electron chi connectivity index (χ0n) is 16.9. The van der Waals surface area contributed by atoms with Gasteiger partial charge in [-0.3, -0.25) is 14.5 Å². The molecule has 2 fully saturated rings. The Hall–Kier alpha value is -2.76. The van der Waals surface area contributed by atoms with Gasteiger partial charge >= 0.3 is 0 Å². The third kappa shape index (κ3) is 7.25. The van der Waals surface area contributed by atoms with Gasteiger partial charge in [0.25, 0.3) is 11.8 Å². The number of amides is 2. The molecule has 2 amide bonds. The number of carbonyl (C=O) groups is 2. The van der Waals surface area contributed by atoms with Gasteiger partial charge in [0.05, 0.1) is 38.3 Å². The van der Waals surface area contributed by atoms with E-state index in [-0.39, 0.29) is 17.9 Å². The molecule has 11 heteroatoms. The largest absolute Gasteiger partial charge is 0.381 e. The average Bonchev–Trinajstić information content (AvgIpc) is 3.50. The molecule has 2 aliphatic heterocycles. The van der Waals surface area contributed by atoms with Gasteiger partial charge in [0.1, 0.15) is 11.4 Å². The first-order valence-corrected chi connectivity index (χ1v) is 10.2. The fourth-order valence-corrected chi connectivity index (χ4v) is 3.11.